The number of halogens is 4. The molecule has 0 saturated carbocycles. The highest BCUT2D eigenvalue weighted by molar-refractivity contribution is 7.97. The summed E-state index contributed by atoms with van der Waals surface area (Å²) in [4.78, 5) is 3.70. The Bertz CT molecular complexity index is 1170. The smallest absolute Gasteiger partial charge is 0.491 e. The molecule has 0 N–H and O–H groups in total. The molecule has 0 saturated heterocycles. The molecule has 0 spiro atoms. The molecule has 0 aliphatic rings. The van der Waals surface area contributed by atoms with Crippen LogP contribution in [0.15, 0.2) is 130 Å². The molecule has 0 amide bonds. The zero-order valence-electron chi connectivity index (χ0n) is 21.8. The molecule has 212 valence electrons. The first-order valence-electron chi connectivity index (χ1n) is 12.7. The molecular formula is C30H31BF4O4S. The van der Waals surface area contributed by atoms with Crippen molar-refractivity contribution in [3.05, 3.63) is 115 Å². The first kappa shape index (κ1) is 31.1. The van der Waals surface area contributed by atoms with E-state index in [4.69, 9.17) is 18.9 Å². The van der Waals surface area contributed by atoms with E-state index < -0.39 is 7.25 Å². The largest absolute Gasteiger partial charge is 0.673 e. The Kier molecular flexibility index (Phi) is 13.4. The van der Waals surface area contributed by atoms with Gasteiger partial charge in [-0.1, -0.05) is 66.7 Å². The van der Waals surface area contributed by atoms with E-state index in [9.17, 15) is 17.3 Å². The zero-order chi connectivity index (χ0) is 28.5. The molecule has 0 radical (unpaired) electrons. The minimum Gasteiger partial charge on any atom is -0.491 e. The van der Waals surface area contributed by atoms with E-state index in [0.717, 1.165) is 11.5 Å². The Hall–Kier alpha value is -3.47. The van der Waals surface area contributed by atoms with Crippen LogP contribution in [0.3, 0.4) is 0 Å². The number of hydrogen-bond donors (Lipinski definition) is 0. The van der Waals surface area contributed by atoms with Gasteiger partial charge in [0.15, 0.2) is 15.5 Å². The molecular weight excluding hydrogens is 543 g/mol. The van der Waals surface area contributed by atoms with Crippen molar-refractivity contribution in [2.75, 3.05) is 39.6 Å². The van der Waals surface area contributed by atoms with E-state index in [1.807, 2.05) is 42.5 Å². The van der Waals surface area contributed by atoms with Crippen molar-refractivity contribution in [1.82, 2.24) is 0 Å². The Balaban J connectivity index is 0.000000810. The summed E-state index contributed by atoms with van der Waals surface area (Å²) in [7, 11) is -6.25. The van der Waals surface area contributed by atoms with Gasteiger partial charge in [0, 0.05) is 0 Å². The number of hydrogen-bond acceptors (Lipinski definition) is 4. The van der Waals surface area contributed by atoms with Gasteiger partial charge in [0.1, 0.15) is 29.9 Å². The summed E-state index contributed by atoms with van der Waals surface area (Å²) in [5.74, 6) is 1.74. The number of benzene rings is 4. The maximum absolute atomic E-state index is 9.75. The van der Waals surface area contributed by atoms with Gasteiger partial charge >= 0.3 is 7.25 Å². The van der Waals surface area contributed by atoms with Crippen LogP contribution in [0, 0.1) is 0 Å². The molecule has 40 heavy (non-hydrogen) atoms. The molecule has 4 nitrogen and oxygen atoms in total. The number of rotatable bonds is 14. The molecule has 0 aliphatic carbocycles. The third-order valence-corrected chi connectivity index (χ3v) is 7.39. The van der Waals surface area contributed by atoms with E-state index >= 15 is 0 Å². The maximum atomic E-state index is 9.75. The van der Waals surface area contributed by atoms with Crippen molar-refractivity contribution in [2.45, 2.75) is 14.7 Å². The van der Waals surface area contributed by atoms with Crippen LogP contribution in [0.4, 0.5) is 17.3 Å². The molecule has 0 heterocycles. The van der Waals surface area contributed by atoms with Crippen LogP contribution in [-0.4, -0.2) is 46.9 Å². The molecule has 0 aliphatic heterocycles. The SMILES string of the molecule is F[B-](F)(F)F.c1ccc(OCCOCCOCCOc2ccccc2[S+](c2ccccc2)c2ccccc2)cc1. The van der Waals surface area contributed by atoms with E-state index in [2.05, 4.69) is 72.8 Å². The summed E-state index contributed by atoms with van der Waals surface area (Å²) < 4.78 is 62.1. The van der Waals surface area contributed by atoms with Crippen LogP contribution < -0.4 is 9.47 Å². The number of ether oxygens (including phenoxy) is 4. The minimum atomic E-state index is -6.00. The van der Waals surface area contributed by atoms with Crippen molar-refractivity contribution in [3.8, 4) is 11.5 Å². The lowest BCUT2D eigenvalue weighted by molar-refractivity contribution is 0.0271. The zero-order valence-corrected chi connectivity index (χ0v) is 22.7. The summed E-state index contributed by atoms with van der Waals surface area (Å²) in [5.41, 5.74) is 0. The summed E-state index contributed by atoms with van der Waals surface area (Å²) in [6.45, 7) is 3.09. The van der Waals surface area contributed by atoms with Crippen molar-refractivity contribution in [3.63, 3.8) is 0 Å². The van der Waals surface area contributed by atoms with E-state index in [1.54, 1.807) is 0 Å². The second kappa shape index (κ2) is 17.3. The van der Waals surface area contributed by atoms with Crippen molar-refractivity contribution in [2.24, 2.45) is 0 Å². The fourth-order valence-electron chi connectivity index (χ4n) is 3.51. The average molecular weight is 574 g/mol. The predicted molar refractivity (Wildman–Crippen MR) is 151 cm³/mol. The molecule has 0 fully saturated rings. The third kappa shape index (κ3) is 12.2. The predicted octanol–water partition coefficient (Wildman–Crippen LogP) is 7.57. The topological polar surface area (TPSA) is 36.9 Å². The summed E-state index contributed by atoms with van der Waals surface area (Å²) in [6, 6.07) is 39.2. The van der Waals surface area contributed by atoms with Gasteiger partial charge in [-0.05, 0) is 48.5 Å². The van der Waals surface area contributed by atoms with Crippen molar-refractivity contribution < 1.29 is 36.2 Å². The van der Waals surface area contributed by atoms with Gasteiger partial charge in [-0.3, -0.25) is 0 Å². The van der Waals surface area contributed by atoms with Crippen LogP contribution in [0.2, 0.25) is 0 Å². The van der Waals surface area contributed by atoms with E-state index in [-0.39, 0.29) is 10.9 Å². The molecule has 0 unspecified atom stereocenters. The van der Waals surface area contributed by atoms with Gasteiger partial charge < -0.3 is 36.2 Å². The fourth-order valence-corrected chi connectivity index (χ4v) is 5.69. The standard InChI is InChI=1S/C30H31O4S.BF4/c1-4-12-26(13-5-1)33-24-22-31-20-21-32-23-25-34-29-18-10-11-19-30(29)35(27-14-6-2-7-15-27)28-16-8-3-9-17-28;2-1(3,4)5/h1-19H,20-25H2;/q+1;-1. The van der Waals surface area contributed by atoms with Crippen LogP contribution in [0.25, 0.3) is 0 Å². The van der Waals surface area contributed by atoms with E-state index in [1.165, 1.54) is 14.7 Å². The third-order valence-electron chi connectivity index (χ3n) is 5.12. The minimum absolute atomic E-state index is 0.251. The second-order valence-corrected chi connectivity index (χ2v) is 10.1. The van der Waals surface area contributed by atoms with Crippen LogP contribution in [0.1, 0.15) is 0 Å². The Morgan fingerprint density at radius 3 is 1.40 bits per heavy atom. The molecule has 4 rings (SSSR count). The fraction of sp³-hybridized carbons (Fsp3) is 0.200. The molecule has 10 heteroatoms. The van der Waals surface area contributed by atoms with Crippen LogP contribution in [0.5, 0.6) is 11.5 Å². The molecule has 0 aromatic heterocycles. The molecule has 0 bridgehead atoms. The van der Waals surface area contributed by atoms with Gasteiger partial charge in [-0.15, -0.1) is 0 Å². The van der Waals surface area contributed by atoms with Gasteiger partial charge in [-0.2, -0.15) is 0 Å². The maximum Gasteiger partial charge on any atom is 0.673 e. The van der Waals surface area contributed by atoms with Crippen molar-refractivity contribution >= 4 is 18.1 Å². The first-order valence-corrected chi connectivity index (χ1v) is 13.9. The van der Waals surface area contributed by atoms with Gasteiger partial charge in [0.05, 0.1) is 26.4 Å². The number of para-hydroxylation sites is 2. The first-order chi connectivity index (χ1) is 19.4. The average Bonchev–Trinajstić information content (AvgIpc) is 2.96. The quantitative estimate of drug-likeness (QED) is 0.0674. The lowest BCUT2D eigenvalue weighted by Gasteiger charge is -2.13. The summed E-state index contributed by atoms with van der Waals surface area (Å²) >= 11 is 0. The van der Waals surface area contributed by atoms with Crippen LogP contribution in [-0.2, 0) is 20.4 Å². The molecule has 0 atom stereocenters. The van der Waals surface area contributed by atoms with Gasteiger partial charge in [-0.25, -0.2) is 0 Å². The highest BCUT2D eigenvalue weighted by atomic mass is 32.2. The van der Waals surface area contributed by atoms with Crippen molar-refractivity contribution in [1.29, 1.82) is 0 Å². The Labute approximate surface area is 235 Å². The lowest BCUT2D eigenvalue weighted by Crippen LogP contribution is -2.14. The second-order valence-electron chi connectivity index (χ2n) is 8.11. The summed E-state index contributed by atoms with van der Waals surface area (Å²) in [6.07, 6.45) is 0. The summed E-state index contributed by atoms with van der Waals surface area (Å²) in [5, 5.41) is 0. The Morgan fingerprint density at radius 2 is 0.875 bits per heavy atom. The van der Waals surface area contributed by atoms with Gasteiger partial charge in [0.25, 0.3) is 0 Å². The monoisotopic (exact) mass is 574 g/mol. The highest BCUT2D eigenvalue weighted by Crippen LogP contribution is 2.36. The van der Waals surface area contributed by atoms with Crippen LogP contribution >= 0.6 is 0 Å². The van der Waals surface area contributed by atoms with E-state index in [0.29, 0.717) is 39.6 Å². The lowest BCUT2D eigenvalue weighted by atomic mass is 10.3. The normalized spacial score (nSPS) is 11.0. The highest BCUT2D eigenvalue weighted by Gasteiger charge is 2.31. The van der Waals surface area contributed by atoms with Gasteiger partial charge in [0.2, 0.25) is 4.90 Å². The molecule has 4 aromatic carbocycles. The molecule has 4 aromatic rings. The Morgan fingerprint density at radius 1 is 0.475 bits per heavy atom.